The molecule has 10 heteroatoms. The van der Waals surface area contributed by atoms with Gasteiger partial charge in [-0.25, -0.2) is 0 Å². The standard InChI is InChI=1S/C31H49O9P/c1-30(2,3)24-16-22(34-9)18-26(28(24)39-20-37-14-12-32-7)41(36-11)27-19-23(35-10)17-25(31(4,5)6)29(27)40-21-38-15-13-33-8/h16-19H,12-15,20-21H2,1-11H3. The van der Waals surface area contributed by atoms with Crippen molar-refractivity contribution < 1.29 is 42.4 Å². The smallest absolute Gasteiger partial charge is 0.189 e. The van der Waals surface area contributed by atoms with Gasteiger partial charge in [-0.1, -0.05) is 41.5 Å². The van der Waals surface area contributed by atoms with Crippen molar-refractivity contribution >= 4 is 18.8 Å². The molecule has 0 heterocycles. The fourth-order valence-electron chi connectivity index (χ4n) is 4.06. The Balaban J connectivity index is 2.78. The lowest BCUT2D eigenvalue weighted by Crippen LogP contribution is -2.26. The molecule has 0 unspecified atom stereocenters. The van der Waals surface area contributed by atoms with Crippen LogP contribution in [-0.2, 0) is 34.3 Å². The van der Waals surface area contributed by atoms with Gasteiger partial charge in [0.1, 0.15) is 23.0 Å². The third-order valence-corrected chi connectivity index (χ3v) is 8.13. The maximum absolute atomic E-state index is 6.36. The summed E-state index contributed by atoms with van der Waals surface area (Å²) >= 11 is 0. The van der Waals surface area contributed by atoms with Gasteiger partial charge in [-0.3, -0.25) is 0 Å². The maximum atomic E-state index is 6.36. The van der Waals surface area contributed by atoms with E-state index in [0.29, 0.717) is 49.4 Å². The number of hydrogen-bond acceptors (Lipinski definition) is 9. The molecule has 0 atom stereocenters. The SMILES string of the molecule is COCCOCOc1c(P(OC)c2cc(OC)cc(C(C)(C)C)c2OCOCCOC)cc(OC)cc1C(C)(C)C. The van der Waals surface area contributed by atoms with E-state index in [9.17, 15) is 0 Å². The second-order valence-electron chi connectivity index (χ2n) is 11.3. The summed E-state index contributed by atoms with van der Waals surface area (Å²) in [6, 6.07) is 7.93. The van der Waals surface area contributed by atoms with Crippen molar-refractivity contribution in [2.24, 2.45) is 0 Å². The topological polar surface area (TPSA) is 83.1 Å². The van der Waals surface area contributed by atoms with Gasteiger partial charge in [-0.15, -0.1) is 0 Å². The van der Waals surface area contributed by atoms with Crippen LogP contribution in [0.2, 0.25) is 0 Å². The fraction of sp³-hybridized carbons (Fsp3) is 0.613. The lowest BCUT2D eigenvalue weighted by molar-refractivity contribution is -0.00877. The molecule has 0 amide bonds. The average Bonchev–Trinajstić information content (AvgIpc) is 2.92. The number of benzene rings is 2. The van der Waals surface area contributed by atoms with Crippen molar-refractivity contribution in [3.8, 4) is 23.0 Å². The summed E-state index contributed by atoms with van der Waals surface area (Å²) in [6.07, 6.45) is 0. The summed E-state index contributed by atoms with van der Waals surface area (Å²) in [4.78, 5) is 0. The largest absolute Gasteiger partial charge is 0.497 e. The Bertz CT molecular complexity index is 993. The summed E-state index contributed by atoms with van der Waals surface area (Å²) in [5, 5.41) is 1.67. The van der Waals surface area contributed by atoms with E-state index in [1.807, 2.05) is 24.3 Å². The molecule has 232 valence electrons. The molecular formula is C31H49O9P. The molecule has 0 N–H and O–H groups in total. The Hall–Kier alpha value is -2.13. The van der Waals surface area contributed by atoms with E-state index in [0.717, 1.165) is 21.7 Å². The first kappa shape index (κ1) is 35.1. The molecule has 0 aliphatic heterocycles. The molecule has 2 aromatic rings. The molecule has 0 bridgehead atoms. The van der Waals surface area contributed by atoms with Crippen LogP contribution in [0.5, 0.6) is 23.0 Å². The highest BCUT2D eigenvalue weighted by Crippen LogP contribution is 2.48. The zero-order chi connectivity index (χ0) is 30.6. The normalized spacial score (nSPS) is 12.1. The van der Waals surface area contributed by atoms with Crippen molar-refractivity contribution in [3.63, 3.8) is 0 Å². The Morgan fingerprint density at radius 2 is 0.951 bits per heavy atom. The van der Waals surface area contributed by atoms with E-state index < -0.39 is 8.15 Å². The predicted octanol–water partition coefficient (Wildman–Crippen LogP) is 5.29. The molecule has 0 aliphatic carbocycles. The first-order valence-electron chi connectivity index (χ1n) is 13.6. The molecule has 0 saturated heterocycles. The highest BCUT2D eigenvalue weighted by atomic mass is 31.1. The van der Waals surface area contributed by atoms with Crippen LogP contribution in [0, 0.1) is 0 Å². The monoisotopic (exact) mass is 596 g/mol. The van der Waals surface area contributed by atoms with Gasteiger partial charge in [0.15, 0.2) is 13.6 Å². The molecule has 0 fully saturated rings. The first-order valence-corrected chi connectivity index (χ1v) is 14.9. The second-order valence-corrected chi connectivity index (χ2v) is 13.3. The van der Waals surface area contributed by atoms with E-state index in [1.54, 1.807) is 35.5 Å². The van der Waals surface area contributed by atoms with E-state index in [1.165, 1.54) is 0 Å². The molecule has 0 saturated carbocycles. The van der Waals surface area contributed by atoms with Gasteiger partial charge in [-0.05, 0) is 35.1 Å². The van der Waals surface area contributed by atoms with Crippen molar-refractivity contribution in [3.05, 3.63) is 35.4 Å². The minimum absolute atomic E-state index is 0.0563. The molecule has 41 heavy (non-hydrogen) atoms. The van der Waals surface area contributed by atoms with Crippen LogP contribution in [0.1, 0.15) is 52.7 Å². The number of ether oxygens (including phenoxy) is 8. The predicted molar refractivity (Wildman–Crippen MR) is 163 cm³/mol. The minimum Gasteiger partial charge on any atom is -0.497 e. The first-order chi connectivity index (χ1) is 19.4. The van der Waals surface area contributed by atoms with E-state index in [2.05, 4.69) is 41.5 Å². The van der Waals surface area contributed by atoms with Gasteiger partial charge < -0.3 is 42.4 Å². The molecule has 2 rings (SSSR count). The van der Waals surface area contributed by atoms with Crippen molar-refractivity contribution in [1.82, 2.24) is 0 Å². The third-order valence-electron chi connectivity index (χ3n) is 6.23. The average molecular weight is 597 g/mol. The maximum Gasteiger partial charge on any atom is 0.189 e. The van der Waals surface area contributed by atoms with Crippen LogP contribution < -0.4 is 29.6 Å². The Morgan fingerprint density at radius 1 is 0.561 bits per heavy atom. The second kappa shape index (κ2) is 16.5. The van der Waals surface area contributed by atoms with Crippen LogP contribution in [0.25, 0.3) is 0 Å². The quantitative estimate of drug-likeness (QED) is 0.137. The minimum atomic E-state index is -1.49. The molecule has 0 aliphatic rings. The van der Waals surface area contributed by atoms with Gasteiger partial charge in [0, 0.05) is 32.5 Å². The highest BCUT2D eigenvalue weighted by molar-refractivity contribution is 7.69. The lowest BCUT2D eigenvalue weighted by atomic mass is 9.86. The summed E-state index contributed by atoms with van der Waals surface area (Å²) in [6.45, 7) is 14.7. The van der Waals surface area contributed by atoms with Gasteiger partial charge in [0.05, 0.1) is 59.4 Å². The Labute approximate surface area is 247 Å². The summed E-state index contributed by atoms with van der Waals surface area (Å²) < 4.78 is 52.1. The molecule has 2 aromatic carbocycles. The summed E-state index contributed by atoms with van der Waals surface area (Å²) in [5.41, 5.74) is 1.41. The molecule has 0 radical (unpaired) electrons. The van der Waals surface area contributed by atoms with Gasteiger partial charge in [0.25, 0.3) is 0 Å². The van der Waals surface area contributed by atoms with Crippen LogP contribution >= 0.6 is 8.15 Å². The van der Waals surface area contributed by atoms with Crippen molar-refractivity contribution in [2.75, 3.05) is 75.6 Å². The van der Waals surface area contributed by atoms with Gasteiger partial charge in [-0.2, -0.15) is 0 Å². The molecule has 0 spiro atoms. The molecular weight excluding hydrogens is 547 g/mol. The van der Waals surface area contributed by atoms with Crippen LogP contribution in [0.4, 0.5) is 0 Å². The van der Waals surface area contributed by atoms with Crippen molar-refractivity contribution in [1.29, 1.82) is 0 Å². The van der Waals surface area contributed by atoms with Crippen LogP contribution in [-0.4, -0.2) is 75.6 Å². The summed E-state index contributed by atoms with van der Waals surface area (Å²) in [7, 11) is 6.79. The van der Waals surface area contributed by atoms with E-state index in [-0.39, 0.29) is 24.4 Å². The van der Waals surface area contributed by atoms with Gasteiger partial charge in [0.2, 0.25) is 0 Å². The van der Waals surface area contributed by atoms with Gasteiger partial charge >= 0.3 is 0 Å². The number of rotatable bonds is 17. The molecule has 0 aromatic heterocycles. The van der Waals surface area contributed by atoms with Crippen LogP contribution in [0.15, 0.2) is 24.3 Å². The zero-order valence-corrected chi connectivity index (χ0v) is 27.6. The number of methoxy groups -OCH3 is 4. The number of hydrogen-bond donors (Lipinski definition) is 0. The fourth-order valence-corrected chi connectivity index (χ4v) is 5.94. The third kappa shape index (κ3) is 9.98. The van der Waals surface area contributed by atoms with Crippen molar-refractivity contribution in [2.45, 2.75) is 52.4 Å². The van der Waals surface area contributed by atoms with Crippen LogP contribution in [0.3, 0.4) is 0 Å². The Morgan fingerprint density at radius 3 is 1.24 bits per heavy atom. The molecule has 9 nitrogen and oxygen atoms in total. The zero-order valence-electron chi connectivity index (χ0n) is 26.7. The van der Waals surface area contributed by atoms with E-state index in [4.69, 9.17) is 42.4 Å². The highest BCUT2D eigenvalue weighted by Gasteiger charge is 2.33. The lowest BCUT2D eigenvalue weighted by Gasteiger charge is -2.30. The Kier molecular flexibility index (Phi) is 14.1. The summed E-state index contributed by atoms with van der Waals surface area (Å²) in [5.74, 6) is 2.77. The van der Waals surface area contributed by atoms with E-state index >= 15 is 0 Å².